The van der Waals surface area contributed by atoms with Crippen molar-refractivity contribution < 1.29 is 25.9 Å². The van der Waals surface area contributed by atoms with E-state index < -0.39 is 20.2 Å². The van der Waals surface area contributed by atoms with Crippen molar-refractivity contribution in [3.8, 4) is 0 Å². The van der Waals surface area contributed by atoms with Crippen molar-refractivity contribution in [2.75, 3.05) is 0 Å². The predicted molar refractivity (Wildman–Crippen MR) is 313 cm³/mol. The van der Waals surface area contributed by atoms with E-state index in [9.17, 15) is 25.9 Å². The maximum absolute atomic E-state index is 12.5. The fourth-order valence-electron chi connectivity index (χ4n) is 10.9. The fraction of sp³-hybridized carbons (Fsp3) is 0.688. The number of aryl methyl sites for hydroxylation is 4. The zero-order valence-corrected chi connectivity index (χ0v) is 50.9. The molecule has 0 radical (unpaired) electrons. The Bertz CT molecular complexity index is 2100. The molecule has 0 atom stereocenters. The van der Waals surface area contributed by atoms with Gasteiger partial charge in [-0.1, -0.05) is 282 Å². The molecule has 0 N–H and O–H groups in total. The van der Waals surface area contributed by atoms with Crippen molar-refractivity contribution in [2.24, 2.45) is 0 Å². The first-order valence-electron chi connectivity index (χ1n) is 30.0. The van der Waals surface area contributed by atoms with Gasteiger partial charge < -0.3 is 9.11 Å². The zero-order chi connectivity index (χ0) is 52.1. The van der Waals surface area contributed by atoms with Crippen molar-refractivity contribution in [2.45, 2.75) is 294 Å². The van der Waals surface area contributed by atoms with Gasteiger partial charge in [0.1, 0.15) is 20.2 Å². The first kappa shape index (κ1) is 67.6. The molecule has 0 unspecified atom stereocenters. The SMILES string of the molecule is CCCCCCCCCCCc1cc2ccccc2c(CCCCCCCCCCC)c1S(=O)(=O)[O-].CCCCCCCCCCCc1cc2ccccc2c(CCCCCCCCCCC)c1S(=O)(=O)[O-].[Ca+2]. The minimum absolute atomic E-state index is 0. The van der Waals surface area contributed by atoms with E-state index in [0.717, 1.165) is 95.2 Å². The van der Waals surface area contributed by atoms with Gasteiger partial charge in [-0.05, 0) is 107 Å². The van der Waals surface area contributed by atoms with Gasteiger partial charge in [0.05, 0.1) is 9.79 Å². The summed E-state index contributed by atoms with van der Waals surface area (Å²) in [5.41, 5.74) is 2.99. The third-order valence-corrected chi connectivity index (χ3v) is 17.0. The van der Waals surface area contributed by atoms with Gasteiger partial charge in [0.2, 0.25) is 0 Å². The van der Waals surface area contributed by atoms with Gasteiger partial charge in [-0.3, -0.25) is 0 Å². The Morgan fingerprint density at radius 3 is 0.781 bits per heavy atom. The average Bonchev–Trinajstić information content (AvgIpc) is 3.35. The van der Waals surface area contributed by atoms with Crippen molar-refractivity contribution in [1.82, 2.24) is 0 Å². The van der Waals surface area contributed by atoms with Crippen LogP contribution in [0.5, 0.6) is 0 Å². The number of hydrogen-bond donors (Lipinski definition) is 0. The molecular formula is C64H102CaO6S2. The molecule has 6 nitrogen and oxygen atoms in total. The summed E-state index contributed by atoms with van der Waals surface area (Å²) in [4.78, 5) is 0.167. The van der Waals surface area contributed by atoms with Crippen LogP contribution in [-0.4, -0.2) is 63.7 Å². The average molecular weight is 1070 g/mol. The van der Waals surface area contributed by atoms with Crippen LogP contribution >= 0.6 is 0 Å². The number of rotatable bonds is 42. The van der Waals surface area contributed by atoms with E-state index in [-0.39, 0.29) is 47.5 Å². The normalized spacial score (nSPS) is 11.8. The molecule has 4 aromatic rings. The van der Waals surface area contributed by atoms with Crippen molar-refractivity contribution in [3.05, 3.63) is 82.9 Å². The zero-order valence-electron chi connectivity index (χ0n) is 47.0. The van der Waals surface area contributed by atoms with Crippen LogP contribution in [0.25, 0.3) is 21.5 Å². The summed E-state index contributed by atoms with van der Waals surface area (Å²) in [6, 6.07) is 19.9. The van der Waals surface area contributed by atoms with E-state index >= 15 is 0 Å². The van der Waals surface area contributed by atoms with Crippen LogP contribution in [0.1, 0.15) is 281 Å². The van der Waals surface area contributed by atoms with Gasteiger partial charge in [-0.25, -0.2) is 16.8 Å². The number of fused-ring (bicyclic) bond motifs is 2. The molecule has 73 heavy (non-hydrogen) atoms. The number of benzene rings is 4. The summed E-state index contributed by atoms with van der Waals surface area (Å²) in [7, 11) is -9.05. The summed E-state index contributed by atoms with van der Waals surface area (Å²) < 4.78 is 74.9. The molecule has 4 rings (SSSR count). The molecule has 0 aliphatic heterocycles. The van der Waals surface area contributed by atoms with E-state index in [1.165, 1.54) is 180 Å². The monoisotopic (exact) mass is 1070 g/mol. The Hall–Kier alpha value is -1.52. The standard InChI is InChI=1S/2C32H52O3S.Ca/c2*1-3-5-7-9-11-13-15-17-19-24-29-27-28-23-21-22-25-30(28)31(32(29)36(33,34)35)26-20-18-16-14-12-10-8-6-4-2;/h2*21-23,25,27H,3-20,24,26H2,1-2H3,(H,33,34,35);/q;;+2/p-2. The summed E-state index contributed by atoms with van der Waals surface area (Å²) in [5.74, 6) is 0. The van der Waals surface area contributed by atoms with Crippen LogP contribution in [0, 0.1) is 0 Å². The van der Waals surface area contributed by atoms with E-state index in [1.807, 2.05) is 48.5 Å². The summed E-state index contributed by atoms with van der Waals surface area (Å²) in [6.45, 7) is 8.97. The Labute approximate surface area is 478 Å². The maximum atomic E-state index is 12.5. The smallest absolute Gasteiger partial charge is 0.744 e. The third-order valence-electron chi connectivity index (χ3n) is 15.0. The molecule has 0 aromatic heterocycles. The van der Waals surface area contributed by atoms with Gasteiger partial charge >= 0.3 is 37.7 Å². The second kappa shape index (κ2) is 41.6. The molecule has 4 aromatic carbocycles. The maximum Gasteiger partial charge on any atom is 2.00 e. The molecule has 9 heteroatoms. The molecule has 0 aliphatic rings. The van der Waals surface area contributed by atoms with Crippen molar-refractivity contribution in [3.63, 3.8) is 0 Å². The minimum atomic E-state index is -4.53. The van der Waals surface area contributed by atoms with Crippen LogP contribution in [0.4, 0.5) is 0 Å². The van der Waals surface area contributed by atoms with Crippen molar-refractivity contribution >= 4 is 79.5 Å². The second-order valence-electron chi connectivity index (χ2n) is 21.4. The molecule has 0 bridgehead atoms. The first-order valence-corrected chi connectivity index (χ1v) is 32.8. The molecular weight excluding hydrogens is 969 g/mol. The summed E-state index contributed by atoms with van der Waals surface area (Å²) >= 11 is 0. The molecule has 0 heterocycles. The van der Waals surface area contributed by atoms with E-state index in [4.69, 9.17) is 0 Å². The molecule has 0 saturated carbocycles. The summed E-state index contributed by atoms with van der Waals surface area (Å²) in [6.07, 6.45) is 46.7. The van der Waals surface area contributed by atoms with Crippen LogP contribution in [0.15, 0.2) is 70.5 Å². The van der Waals surface area contributed by atoms with Crippen molar-refractivity contribution in [1.29, 1.82) is 0 Å². The molecule has 0 saturated heterocycles. The van der Waals surface area contributed by atoms with E-state index in [0.29, 0.717) is 25.7 Å². The molecule has 0 amide bonds. The summed E-state index contributed by atoms with van der Waals surface area (Å²) in [5, 5.41) is 3.98. The quantitative estimate of drug-likeness (QED) is 0.0248. The Kier molecular flexibility index (Phi) is 38.5. The number of hydrogen-bond acceptors (Lipinski definition) is 6. The van der Waals surface area contributed by atoms with E-state index in [1.54, 1.807) is 0 Å². The van der Waals surface area contributed by atoms with E-state index in [2.05, 4.69) is 39.8 Å². The molecule has 0 spiro atoms. The van der Waals surface area contributed by atoms with Gasteiger partial charge in [0.15, 0.2) is 0 Å². The van der Waals surface area contributed by atoms with Crippen LogP contribution in [0.3, 0.4) is 0 Å². The van der Waals surface area contributed by atoms with Gasteiger partial charge in [-0.15, -0.1) is 0 Å². The fourth-order valence-corrected chi connectivity index (χ4v) is 12.9. The van der Waals surface area contributed by atoms with Gasteiger partial charge in [-0.2, -0.15) is 0 Å². The molecule has 0 fully saturated rings. The van der Waals surface area contributed by atoms with Crippen LogP contribution in [-0.2, 0) is 45.9 Å². The third kappa shape index (κ3) is 28.1. The first-order chi connectivity index (χ1) is 35.0. The number of unbranched alkanes of at least 4 members (excludes halogenated alkanes) is 32. The second-order valence-corrected chi connectivity index (χ2v) is 24.0. The van der Waals surface area contributed by atoms with Gasteiger partial charge in [0.25, 0.3) is 0 Å². The topological polar surface area (TPSA) is 114 Å². The predicted octanol–water partition coefficient (Wildman–Crippen LogP) is 19.4. The molecule has 0 aliphatic carbocycles. The molecule has 408 valence electrons. The largest absolute Gasteiger partial charge is 2.00 e. The van der Waals surface area contributed by atoms with Gasteiger partial charge in [0, 0.05) is 0 Å². The van der Waals surface area contributed by atoms with Crippen LogP contribution in [0.2, 0.25) is 0 Å². The Balaban J connectivity index is 0.000000493. The Morgan fingerprint density at radius 1 is 0.315 bits per heavy atom. The Morgan fingerprint density at radius 2 is 0.534 bits per heavy atom. The van der Waals surface area contributed by atoms with Crippen LogP contribution < -0.4 is 0 Å². The minimum Gasteiger partial charge on any atom is -0.744 e.